The van der Waals surface area contributed by atoms with E-state index in [1.54, 1.807) is 13.0 Å². The zero-order valence-electron chi connectivity index (χ0n) is 11.4. The lowest BCUT2D eigenvalue weighted by atomic mass is 9.92. The van der Waals surface area contributed by atoms with E-state index in [1.807, 2.05) is 26.0 Å². The number of hydrogen-bond acceptors (Lipinski definition) is 2. The van der Waals surface area contributed by atoms with E-state index >= 15 is 0 Å². The minimum absolute atomic E-state index is 0.195. The van der Waals surface area contributed by atoms with Crippen molar-refractivity contribution in [3.8, 4) is 0 Å². The number of rotatable bonds is 2. The smallest absolute Gasteiger partial charge is 0.134 e. The molecule has 0 spiro atoms. The predicted octanol–water partition coefficient (Wildman–Crippen LogP) is 4.64. The molecule has 0 saturated heterocycles. The molecule has 0 aromatic heterocycles. The Labute approximate surface area is 118 Å². The fourth-order valence-corrected chi connectivity index (χ4v) is 2.36. The van der Waals surface area contributed by atoms with Crippen molar-refractivity contribution in [3.05, 3.63) is 50.3 Å². The molecule has 0 bridgehead atoms. The molecule has 19 heavy (non-hydrogen) atoms. The maximum absolute atomic E-state index is 14.5. The fraction of sp³-hybridized carbons (Fsp3) is 0.312. The Bertz CT molecular complexity index is 604. The van der Waals surface area contributed by atoms with Crippen LogP contribution < -0.4 is 0 Å². The molecule has 2 rings (SSSR count). The highest BCUT2D eigenvalue weighted by molar-refractivity contribution is 7.84. The van der Waals surface area contributed by atoms with Gasteiger partial charge in [0, 0.05) is 10.5 Å². The maximum Gasteiger partial charge on any atom is 0.134 e. The van der Waals surface area contributed by atoms with Crippen molar-refractivity contribution in [2.75, 3.05) is 0 Å². The van der Waals surface area contributed by atoms with Gasteiger partial charge in [0.15, 0.2) is 0 Å². The standard InChI is InChI=1S/C16H17FOS/c1-4-5-12-13(7-6-10(2)19)16(17)11(3)14-8-18-9-15(12)14/h4-5,7,19H,8-9H2,1-3H3/b5-4+. The highest BCUT2D eigenvalue weighted by Gasteiger charge is 2.23. The third kappa shape index (κ3) is 2.69. The van der Waals surface area contributed by atoms with Crippen molar-refractivity contribution in [3.63, 3.8) is 0 Å². The molecule has 0 atom stereocenters. The van der Waals surface area contributed by atoms with E-state index in [9.17, 15) is 4.39 Å². The van der Waals surface area contributed by atoms with E-state index in [2.05, 4.69) is 18.4 Å². The first-order chi connectivity index (χ1) is 9.06. The SMILES string of the molecule is C/C=C/c1c(C=C=C(C)S)c(F)c(C)c2c1COC2. The lowest BCUT2D eigenvalue weighted by Gasteiger charge is -2.12. The van der Waals surface area contributed by atoms with Gasteiger partial charge in [-0.1, -0.05) is 12.2 Å². The molecule has 100 valence electrons. The lowest BCUT2D eigenvalue weighted by molar-refractivity contribution is 0.134. The van der Waals surface area contributed by atoms with Gasteiger partial charge in [0.25, 0.3) is 0 Å². The van der Waals surface area contributed by atoms with Crippen LogP contribution in [0.25, 0.3) is 12.2 Å². The monoisotopic (exact) mass is 276 g/mol. The van der Waals surface area contributed by atoms with Crippen LogP contribution in [0, 0.1) is 12.7 Å². The number of fused-ring (bicyclic) bond motifs is 1. The molecule has 0 aliphatic carbocycles. The van der Waals surface area contributed by atoms with Crippen LogP contribution in [0.5, 0.6) is 0 Å². The molecule has 1 nitrogen and oxygen atoms in total. The average Bonchev–Trinajstić information content (AvgIpc) is 2.84. The van der Waals surface area contributed by atoms with E-state index in [1.165, 1.54) is 0 Å². The molecule has 0 fully saturated rings. The number of benzene rings is 1. The van der Waals surface area contributed by atoms with Crippen LogP contribution in [-0.4, -0.2) is 0 Å². The molecular formula is C16H17FOS. The molecule has 1 aromatic rings. The Kier molecular flexibility index (Phi) is 4.31. The minimum atomic E-state index is -0.195. The normalized spacial score (nSPS) is 13.5. The molecule has 0 radical (unpaired) electrons. The van der Waals surface area contributed by atoms with Gasteiger partial charge in [-0.15, -0.1) is 18.4 Å². The molecule has 1 aliphatic rings. The zero-order valence-corrected chi connectivity index (χ0v) is 12.3. The molecule has 1 aliphatic heterocycles. The van der Waals surface area contributed by atoms with Crippen LogP contribution in [0.2, 0.25) is 0 Å². The first kappa shape index (κ1) is 14.1. The Morgan fingerprint density at radius 2 is 2.00 bits per heavy atom. The zero-order chi connectivity index (χ0) is 14.0. The summed E-state index contributed by atoms with van der Waals surface area (Å²) in [5.74, 6) is -0.195. The van der Waals surface area contributed by atoms with Gasteiger partial charge in [-0.3, -0.25) is 0 Å². The van der Waals surface area contributed by atoms with Crippen LogP contribution in [0.15, 0.2) is 16.7 Å². The second-order valence-electron chi connectivity index (χ2n) is 4.59. The van der Waals surface area contributed by atoms with Crippen LogP contribution in [0.3, 0.4) is 0 Å². The van der Waals surface area contributed by atoms with Crippen molar-refractivity contribution in [2.24, 2.45) is 0 Å². The number of hydrogen-bond donors (Lipinski definition) is 1. The third-order valence-corrected chi connectivity index (χ3v) is 3.38. The van der Waals surface area contributed by atoms with E-state index in [4.69, 9.17) is 4.74 Å². The number of thiol groups is 1. The Balaban J connectivity index is 2.78. The summed E-state index contributed by atoms with van der Waals surface area (Å²) in [5.41, 5.74) is 7.15. The number of allylic oxidation sites excluding steroid dienone is 2. The van der Waals surface area contributed by atoms with Crippen molar-refractivity contribution < 1.29 is 9.13 Å². The topological polar surface area (TPSA) is 9.23 Å². The van der Waals surface area contributed by atoms with Crippen molar-refractivity contribution in [1.29, 1.82) is 0 Å². The third-order valence-electron chi connectivity index (χ3n) is 3.25. The summed E-state index contributed by atoms with van der Waals surface area (Å²) in [7, 11) is 0. The summed E-state index contributed by atoms with van der Waals surface area (Å²) >= 11 is 4.17. The van der Waals surface area contributed by atoms with Gasteiger partial charge in [0.2, 0.25) is 0 Å². The van der Waals surface area contributed by atoms with Gasteiger partial charge < -0.3 is 4.74 Å². The molecular weight excluding hydrogens is 259 g/mol. The summed E-state index contributed by atoms with van der Waals surface area (Å²) in [6.45, 7) is 6.58. The van der Waals surface area contributed by atoms with Gasteiger partial charge >= 0.3 is 0 Å². The minimum Gasteiger partial charge on any atom is -0.372 e. The van der Waals surface area contributed by atoms with Crippen LogP contribution in [0.4, 0.5) is 4.39 Å². The highest BCUT2D eigenvalue weighted by Crippen LogP contribution is 2.33. The second kappa shape index (κ2) is 5.79. The molecule has 0 saturated carbocycles. The van der Waals surface area contributed by atoms with E-state index in [-0.39, 0.29) is 5.82 Å². The van der Waals surface area contributed by atoms with Crippen LogP contribution in [-0.2, 0) is 18.0 Å². The average molecular weight is 276 g/mol. The van der Waals surface area contributed by atoms with Crippen molar-refractivity contribution in [1.82, 2.24) is 0 Å². The van der Waals surface area contributed by atoms with Gasteiger partial charge in [-0.05, 0) is 49.1 Å². The summed E-state index contributed by atoms with van der Waals surface area (Å²) < 4.78 is 20.0. The van der Waals surface area contributed by atoms with Crippen LogP contribution in [0.1, 0.15) is 41.7 Å². The Hall–Kier alpha value is -1.28. The Morgan fingerprint density at radius 3 is 2.63 bits per heavy atom. The highest BCUT2D eigenvalue weighted by atomic mass is 32.1. The largest absolute Gasteiger partial charge is 0.372 e. The number of ether oxygens (including phenoxy) is 1. The van der Waals surface area contributed by atoms with E-state index in [0.717, 1.165) is 21.6 Å². The molecule has 0 unspecified atom stereocenters. The fourth-order valence-electron chi connectivity index (χ4n) is 2.29. The number of halogens is 1. The molecule has 1 aromatic carbocycles. The maximum atomic E-state index is 14.5. The van der Waals surface area contributed by atoms with Gasteiger partial charge in [0.05, 0.1) is 13.2 Å². The quantitative estimate of drug-likeness (QED) is 0.611. The predicted molar refractivity (Wildman–Crippen MR) is 80.5 cm³/mol. The summed E-state index contributed by atoms with van der Waals surface area (Å²) in [6.07, 6.45) is 5.51. The van der Waals surface area contributed by atoms with E-state index < -0.39 is 0 Å². The van der Waals surface area contributed by atoms with Crippen molar-refractivity contribution >= 4 is 24.8 Å². The summed E-state index contributed by atoms with van der Waals surface area (Å²) in [6, 6.07) is 0. The lowest BCUT2D eigenvalue weighted by Crippen LogP contribution is -2.01. The van der Waals surface area contributed by atoms with E-state index in [0.29, 0.717) is 24.3 Å². The molecule has 0 N–H and O–H groups in total. The summed E-state index contributed by atoms with van der Waals surface area (Å²) in [5, 5.41) is 0. The van der Waals surface area contributed by atoms with Gasteiger partial charge in [-0.25, -0.2) is 4.39 Å². The van der Waals surface area contributed by atoms with Gasteiger partial charge in [-0.2, -0.15) is 0 Å². The summed E-state index contributed by atoms with van der Waals surface area (Å²) in [4.78, 5) is 0.722. The molecule has 0 amide bonds. The van der Waals surface area contributed by atoms with Gasteiger partial charge in [0.1, 0.15) is 5.82 Å². The first-order valence-corrected chi connectivity index (χ1v) is 6.67. The van der Waals surface area contributed by atoms with Crippen molar-refractivity contribution in [2.45, 2.75) is 34.0 Å². The first-order valence-electron chi connectivity index (χ1n) is 6.22. The second-order valence-corrected chi connectivity index (χ2v) is 5.26. The van der Waals surface area contributed by atoms with Crippen LogP contribution >= 0.6 is 12.6 Å². The molecule has 3 heteroatoms. The Morgan fingerprint density at radius 1 is 1.32 bits per heavy atom. The molecule has 1 heterocycles.